The summed E-state index contributed by atoms with van der Waals surface area (Å²) in [5, 5.41) is 11.6. The van der Waals surface area contributed by atoms with Gasteiger partial charge in [-0.05, 0) is 35.3 Å². The molecule has 0 aliphatic rings. The van der Waals surface area contributed by atoms with Crippen LogP contribution in [0.2, 0.25) is 0 Å². The zero-order chi connectivity index (χ0) is 19.0. The third-order valence-corrected chi connectivity index (χ3v) is 5.64. The Balaban J connectivity index is 2.14. The van der Waals surface area contributed by atoms with E-state index in [2.05, 4.69) is 85.4 Å². The van der Waals surface area contributed by atoms with Crippen molar-refractivity contribution in [2.24, 2.45) is 0 Å². The highest BCUT2D eigenvalue weighted by Crippen LogP contribution is 2.43. The van der Waals surface area contributed by atoms with Crippen molar-refractivity contribution in [3.05, 3.63) is 108 Å². The van der Waals surface area contributed by atoms with E-state index < -0.39 is 11.5 Å². The third-order valence-electron chi connectivity index (χ3n) is 5.32. The lowest BCUT2D eigenvalue weighted by molar-refractivity contribution is 0.109. The molecule has 0 radical (unpaired) electrons. The summed E-state index contributed by atoms with van der Waals surface area (Å²) in [5.74, 6) is 0.900. The van der Waals surface area contributed by atoms with Crippen LogP contribution in [0.3, 0.4) is 0 Å². The molecule has 1 nitrogen and oxygen atoms in total. The predicted octanol–water partition coefficient (Wildman–Crippen LogP) is 5.87. The first-order chi connectivity index (χ1) is 13.3. The highest BCUT2D eigenvalue weighted by molar-refractivity contribution is 7.80. The summed E-state index contributed by atoms with van der Waals surface area (Å²) >= 11 is 4.31. The van der Waals surface area contributed by atoms with Crippen LogP contribution in [0.5, 0.6) is 0 Å². The Morgan fingerprint density at radius 1 is 0.630 bits per heavy atom. The first kappa shape index (κ1) is 19.7. The van der Waals surface area contributed by atoms with Crippen molar-refractivity contribution in [1.82, 2.24) is 0 Å². The van der Waals surface area contributed by atoms with Crippen molar-refractivity contribution in [3.63, 3.8) is 0 Å². The molecule has 0 aliphatic heterocycles. The van der Waals surface area contributed by atoms with Gasteiger partial charge in [0.2, 0.25) is 0 Å². The summed E-state index contributed by atoms with van der Waals surface area (Å²) in [5.41, 5.74) is 2.81. The molecule has 140 valence electrons. The van der Waals surface area contributed by atoms with Gasteiger partial charge in [0.05, 0.1) is 11.5 Å². The average Bonchev–Trinajstić information content (AvgIpc) is 2.74. The van der Waals surface area contributed by atoms with E-state index in [1.807, 2.05) is 18.2 Å². The molecule has 0 aliphatic carbocycles. The van der Waals surface area contributed by atoms with Crippen LogP contribution in [0, 0.1) is 0 Å². The van der Waals surface area contributed by atoms with E-state index in [4.69, 9.17) is 0 Å². The van der Waals surface area contributed by atoms with E-state index in [1.54, 1.807) is 0 Å². The summed E-state index contributed by atoms with van der Waals surface area (Å²) in [6, 6.07) is 31.3. The van der Waals surface area contributed by atoms with E-state index in [-0.39, 0.29) is 0 Å². The van der Waals surface area contributed by atoms with Crippen molar-refractivity contribution in [2.45, 2.75) is 37.2 Å². The lowest BCUT2D eigenvalue weighted by Gasteiger charge is -2.40. The molecule has 0 amide bonds. The van der Waals surface area contributed by atoms with Crippen LogP contribution in [0.15, 0.2) is 91.0 Å². The number of hydrogen-bond acceptors (Lipinski definition) is 2. The summed E-state index contributed by atoms with van der Waals surface area (Å²) in [4.78, 5) is 0. The molecule has 0 aromatic heterocycles. The van der Waals surface area contributed by atoms with Gasteiger partial charge in [-0.15, -0.1) is 0 Å². The smallest absolute Gasteiger partial charge is 0.0718 e. The maximum absolute atomic E-state index is 11.6. The zero-order valence-electron chi connectivity index (χ0n) is 15.7. The van der Waals surface area contributed by atoms with Crippen LogP contribution in [-0.4, -0.2) is 17.0 Å². The molecular weight excluding hydrogens is 348 g/mol. The number of thiol groups is 1. The number of unbranched alkanes of at least 4 members (excludes halogenated alkanes) is 2. The minimum atomic E-state index is -0.579. The molecule has 3 aromatic carbocycles. The fraction of sp³-hybridized carbons (Fsp3) is 0.280. The monoisotopic (exact) mass is 376 g/mol. The molecular formula is C25H28OS. The molecule has 0 unspecified atom stereocenters. The molecule has 1 atom stereocenters. The van der Waals surface area contributed by atoms with E-state index in [0.717, 1.165) is 48.1 Å². The van der Waals surface area contributed by atoms with Gasteiger partial charge in [0.25, 0.3) is 0 Å². The minimum absolute atomic E-state index is 0.510. The van der Waals surface area contributed by atoms with Crippen LogP contribution < -0.4 is 0 Å². The largest absolute Gasteiger partial charge is 0.391 e. The molecule has 2 heteroatoms. The Morgan fingerprint density at radius 2 is 1.04 bits per heavy atom. The minimum Gasteiger partial charge on any atom is -0.391 e. The van der Waals surface area contributed by atoms with Gasteiger partial charge in [-0.2, -0.15) is 12.6 Å². The van der Waals surface area contributed by atoms with E-state index in [1.165, 1.54) is 0 Å². The van der Waals surface area contributed by atoms with Crippen molar-refractivity contribution < 1.29 is 5.11 Å². The molecule has 0 spiro atoms. The molecule has 0 fully saturated rings. The SMILES string of the molecule is O[C@@H](CCCCCS)C(c1ccccc1)(c1ccccc1)c1ccccc1. The lowest BCUT2D eigenvalue weighted by atomic mass is 9.65. The zero-order valence-corrected chi connectivity index (χ0v) is 16.6. The Bertz CT molecular complexity index is 690. The van der Waals surface area contributed by atoms with Crippen LogP contribution in [0.25, 0.3) is 0 Å². The summed E-state index contributed by atoms with van der Waals surface area (Å²) in [7, 11) is 0. The topological polar surface area (TPSA) is 20.2 Å². The second kappa shape index (κ2) is 9.77. The number of aliphatic hydroxyl groups excluding tert-OH is 1. The molecule has 0 heterocycles. The van der Waals surface area contributed by atoms with Gasteiger partial charge in [0.15, 0.2) is 0 Å². The van der Waals surface area contributed by atoms with Crippen molar-refractivity contribution >= 4 is 12.6 Å². The van der Waals surface area contributed by atoms with Crippen molar-refractivity contribution in [2.75, 3.05) is 5.75 Å². The molecule has 3 aromatic rings. The predicted molar refractivity (Wildman–Crippen MR) is 118 cm³/mol. The molecule has 0 saturated carbocycles. The Hall–Kier alpha value is -2.03. The maximum atomic E-state index is 11.6. The van der Waals surface area contributed by atoms with E-state index >= 15 is 0 Å². The number of benzene rings is 3. The standard InChI is InChI=1S/C25H28OS/c26-24(19-11-4-12-20-27)25(21-13-5-1-6-14-21,22-15-7-2-8-16-22)23-17-9-3-10-18-23/h1-3,5-10,13-18,24,26-27H,4,11-12,19-20H2/t24-/m0/s1. The van der Waals surface area contributed by atoms with E-state index in [0.29, 0.717) is 0 Å². The fourth-order valence-electron chi connectivity index (χ4n) is 4.02. The van der Waals surface area contributed by atoms with Crippen LogP contribution in [-0.2, 0) is 5.41 Å². The molecule has 3 rings (SSSR count). The van der Waals surface area contributed by atoms with Gasteiger partial charge in [0.1, 0.15) is 0 Å². The maximum Gasteiger partial charge on any atom is 0.0718 e. The van der Waals surface area contributed by atoms with Gasteiger partial charge in [0, 0.05) is 0 Å². The number of aliphatic hydroxyl groups is 1. The number of hydrogen-bond donors (Lipinski definition) is 2. The lowest BCUT2D eigenvalue weighted by Crippen LogP contribution is -2.42. The first-order valence-corrected chi connectivity index (χ1v) is 10.4. The van der Waals surface area contributed by atoms with E-state index in [9.17, 15) is 5.11 Å². The van der Waals surface area contributed by atoms with Gasteiger partial charge in [-0.1, -0.05) is 104 Å². The summed E-state index contributed by atoms with van der Waals surface area (Å²) in [6.07, 6.45) is 3.42. The van der Waals surface area contributed by atoms with Gasteiger partial charge in [-0.3, -0.25) is 0 Å². The quantitative estimate of drug-likeness (QED) is 0.272. The molecule has 0 bridgehead atoms. The summed E-state index contributed by atoms with van der Waals surface area (Å²) < 4.78 is 0. The van der Waals surface area contributed by atoms with Gasteiger partial charge < -0.3 is 5.11 Å². The Kier molecular flexibility index (Phi) is 7.14. The number of rotatable bonds is 9. The fourth-order valence-corrected chi connectivity index (χ4v) is 4.25. The second-order valence-electron chi connectivity index (χ2n) is 6.99. The molecule has 0 saturated heterocycles. The highest BCUT2D eigenvalue weighted by atomic mass is 32.1. The average molecular weight is 377 g/mol. The Morgan fingerprint density at radius 3 is 1.41 bits per heavy atom. The van der Waals surface area contributed by atoms with Crippen LogP contribution in [0.1, 0.15) is 42.4 Å². The van der Waals surface area contributed by atoms with Crippen molar-refractivity contribution in [1.29, 1.82) is 0 Å². The van der Waals surface area contributed by atoms with Crippen LogP contribution in [0.4, 0.5) is 0 Å². The third kappa shape index (κ3) is 4.28. The Labute approximate surface area is 168 Å². The molecule has 1 N–H and O–H groups in total. The summed E-state index contributed by atoms with van der Waals surface area (Å²) in [6.45, 7) is 0. The second-order valence-corrected chi connectivity index (χ2v) is 7.44. The van der Waals surface area contributed by atoms with Gasteiger partial charge in [-0.25, -0.2) is 0 Å². The first-order valence-electron chi connectivity index (χ1n) is 9.75. The van der Waals surface area contributed by atoms with Crippen molar-refractivity contribution in [3.8, 4) is 0 Å². The van der Waals surface area contributed by atoms with Gasteiger partial charge >= 0.3 is 0 Å². The van der Waals surface area contributed by atoms with Crippen LogP contribution >= 0.6 is 12.6 Å². The highest BCUT2D eigenvalue weighted by Gasteiger charge is 2.42. The normalized spacial score (nSPS) is 12.7. The molecule has 27 heavy (non-hydrogen) atoms.